The number of halogens is 2. The van der Waals surface area contributed by atoms with Gasteiger partial charge in [0.2, 0.25) is 0 Å². The van der Waals surface area contributed by atoms with Crippen LogP contribution in [0.5, 0.6) is 0 Å². The molecule has 1 aromatic carbocycles. The van der Waals surface area contributed by atoms with Gasteiger partial charge in [-0.15, -0.1) is 0 Å². The van der Waals surface area contributed by atoms with Gasteiger partial charge >= 0.3 is 0 Å². The molecule has 0 aliphatic rings. The van der Waals surface area contributed by atoms with Crippen LogP contribution < -0.4 is 10.2 Å². The Balaban J connectivity index is 2.43. The Morgan fingerprint density at radius 1 is 1.15 bits per heavy atom. The van der Waals surface area contributed by atoms with Crippen molar-refractivity contribution in [1.29, 1.82) is 0 Å². The van der Waals surface area contributed by atoms with Crippen molar-refractivity contribution >= 4 is 11.5 Å². The highest BCUT2D eigenvalue weighted by Crippen LogP contribution is 2.27. The minimum absolute atomic E-state index is 0.285. The highest BCUT2D eigenvalue weighted by molar-refractivity contribution is 5.62. The number of hydrogen-bond donors (Lipinski definition) is 1. The highest BCUT2D eigenvalue weighted by Gasteiger charge is 2.14. The molecule has 0 saturated heterocycles. The van der Waals surface area contributed by atoms with Gasteiger partial charge in [-0.1, -0.05) is 0 Å². The second-order valence-electron chi connectivity index (χ2n) is 4.39. The summed E-state index contributed by atoms with van der Waals surface area (Å²) in [4.78, 5) is 6.11. The van der Waals surface area contributed by atoms with E-state index >= 15 is 0 Å². The Morgan fingerprint density at radius 2 is 1.85 bits per heavy atom. The smallest absolute Gasteiger partial charge is 0.141 e. The summed E-state index contributed by atoms with van der Waals surface area (Å²) in [6.45, 7) is 3.14. The summed E-state index contributed by atoms with van der Waals surface area (Å²) in [6, 6.07) is 7.64. The predicted octanol–water partition coefficient (Wildman–Crippen LogP) is 3.24. The largest absolute Gasteiger partial charge is 0.326 e. The molecule has 20 heavy (non-hydrogen) atoms. The third kappa shape index (κ3) is 3.11. The lowest BCUT2D eigenvalue weighted by atomic mass is 10.2. The van der Waals surface area contributed by atoms with Gasteiger partial charge in [0.1, 0.15) is 17.5 Å². The molecule has 0 saturated carbocycles. The van der Waals surface area contributed by atoms with Gasteiger partial charge in [0, 0.05) is 24.3 Å². The third-order valence-electron chi connectivity index (χ3n) is 2.99. The number of aromatic nitrogens is 1. The van der Waals surface area contributed by atoms with Gasteiger partial charge in [-0.3, -0.25) is 0 Å². The van der Waals surface area contributed by atoms with Crippen molar-refractivity contribution in [2.45, 2.75) is 13.5 Å². The van der Waals surface area contributed by atoms with E-state index in [-0.39, 0.29) is 11.6 Å². The van der Waals surface area contributed by atoms with Crippen molar-refractivity contribution in [3.05, 3.63) is 53.7 Å². The van der Waals surface area contributed by atoms with Gasteiger partial charge in [-0.25, -0.2) is 13.8 Å². The molecule has 5 heteroatoms. The zero-order valence-electron chi connectivity index (χ0n) is 11.5. The fourth-order valence-electron chi connectivity index (χ4n) is 2.11. The molecule has 0 fully saturated rings. The summed E-state index contributed by atoms with van der Waals surface area (Å²) >= 11 is 0. The van der Waals surface area contributed by atoms with Crippen molar-refractivity contribution in [2.75, 3.05) is 18.5 Å². The van der Waals surface area contributed by atoms with Crippen molar-refractivity contribution in [1.82, 2.24) is 10.3 Å². The number of anilines is 2. The minimum Gasteiger partial charge on any atom is -0.326 e. The van der Waals surface area contributed by atoms with Crippen LogP contribution in [-0.2, 0) is 6.54 Å². The summed E-state index contributed by atoms with van der Waals surface area (Å²) in [5, 5.41) is 3.00. The summed E-state index contributed by atoms with van der Waals surface area (Å²) in [5.41, 5.74) is 1.59. The fraction of sp³-hybridized carbons (Fsp3) is 0.267. The van der Waals surface area contributed by atoms with E-state index in [1.165, 1.54) is 24.4 Å². The maximum absolute atomic E-state index is 13.3. The SMILES string of the molecule is CCN(c1ccc(F)cc1)c1ncc(F)cc1CNC. The average molecular weight is 277 g/mol. The van der Waals surface area contributed by atoms with Gasteiger partial charge < -0.3 is 10.2 Å². The maximum atomic E-state index is 13.3. The van der Waals surface area contributed by atoms with Crippen molar-refractivity contribution in [3.63, 3.8) is 0 Å². The minimum atomic E-state index is -0.367. The Bertz CT molecular complexity index is 570. The Labute approximate surface area is 117 Å². The summed E-state index contributed by atoms with van der Waals surface area (Å²) < 4.78 is 26.4. The van der Waals surface area contributed by atoms with Gasteiger partial charge in [0.15, 0.2) is 0 Å². The van der Waals surface area contributed by atoms with Crippen LogP contribution in [0, 0.1) is 11.6 Å². The predicted molar refractivity (Wildman–Crippen MR) is 76.0 cm³/mol. The lowest BCUT2D eigenvalue weighted by Gasteiger charge is -2.24. The number of pyridine rings is 1. The molecule has 0 aliphatic heterocycles. The molecule has 2 rings (SSSR count). The molecule has 0 unspecified atom stereocenters. The van der Waals surface area contributed by atoms with Crippen LogP contribution in [0.15, 0.2) is 36.5 Å². The monoisotopic (exact) mass is 277 g/mol. The van der Waals surface area contributed by atoms with E-state index < -0.39 is 0 Å². The van der Waals surface area contributed by atoms with Crippen LogP contribution in [0.2, 0.25) is 0 Å². The topological polar surface area (TPSA) is 28.2 Å². The molecule has 1 heterocycles. The number of benzene rings is 1. The molecular formula is C15H17F2N3. The molecule has 1 aromatic heterocycles. The standard InChI is InChI=1S/C15H17F2N3/c1-3-20(14-6-4-12(16)5-7-14)15-11(9-18-2)8-13(17)10-19-15/h4-8,10,18H,3,9H2,1-2H3. The highest BCUT2D eigenvalue weighted by atomic mass is 19.1. The summed E-state index contributed by atoms with van der Waals surface area (Å²) in [6.07, 6.45) is 1.20. The quantitative estimate of drug-likeness (QED) is 0.909. The first-order chi connectivity index (χ1) is 9.65. The van der Waals surface area contributed by atoms with Gasteiger partial charge in [0.05, 0.1) is 6.20 Å². The van der Waals surface area contributed by atoms with Crippen LogP contribution in [0.25, 0.3) is 0 Å². The molecule has 0 radical (unpaired) electrons. The van der Waals surface area contributed by atoms with Crippen LogP contribution in [-0.4, -0.2) is 18.6 Å². The summed E-state index contributed by atoms with van der Waals surface area (Å²) in [7, 11) is 1.79. The van der Waals surface area contributed by atoms with E-state index in [4.69, 9.17) is 0 Å². The van der Waals surface area contributed by atoms with Crippen molar-refractivity contribution < 1.29 is 8.78 Å². The third-order valence-corrected chi connectivity index (χ3v) is 2.99. The molecular weight excluding hydrogens is 260 g/mol. The second kappa shape index (κ2) is 6.43. The molecule has 106 valence electrons. The van der Waals surface area contributed by atoms with Crippen LogP contribution in [0.4, 0.5) is 20.3 Å². The lowest BCUT2D eigenvalue weighted by molar-refractivity contribution is 0.616. The van der Waals surface area contributed by atoms with Crippen LogP contribution in [0.1, 0.15) is 12.5 Å². The van der Waals surface area contributed by atoms with Crippen LogP contribution >= 0.6 is 0 Å². The van der Waals surface area contributed by atoms with Crippen molar-refractivity contribution in [3.8, 4) is 0 Å². The Hall–Kier alpha value is -2.01. The normalized spacial score (nSPS) is 10.6. The Morgan fingerprint density at radius 3 is 2.45 bits per heavy atom. The molecule has 2 aromatic rings. The van der Waals surface area contributed by atoms with Gasteiger partial charge in [-0.2, -0.15) is 0 Å². The van der Waals surface area contributed by atoms with Gasteiger partial charge in [-0.05, 0) is 44.3 Å². The molecule has 0 bridgehead atoms. The molecule has 0 atom stereocenters. The molecule has 0 amide bonds. The molecule has 1 N–H and O–H groups in total. The average Bonchev–Trinajstić information content (AvgIpc) is 2.44. The number of hydrogen-bond acceptors (Lipinski definition) is 3. The first-order valence-corrected chi connectivity index (χ1v) is 6.47. The number of nitrogens with zero attached hydrogens (tertiary/aromatic N) is 2. The number of nitrogens with one attached hydrogen (secondary N) is 1. The molecule has 3 nitrogen and oxygen atoms in total. The van der Waals surface area contributed by atoms with E-state index in [1.807, 2.05) is 11.8 Å². The van der Waals surface area contributed by atoms with E-state index in [1.54, 1.807) is 19.2 Å². The number of rotatable bonds is 5. The molecule has 0 spiro atoms. The zero-order valence-corrected chi connectivity index (χ0v) is 11.5. The molecule has 0 aliphatic carbocycles. The first kappa shape index (κ1) is 14.4. The van der Waals surface area contributed by atoms with Gasteiger partial charge in [0.25, 0.3) is 0 Å². The van der Waals surface area contributed by atoms with E-state index in [0.29, 0.717) is 18.9 Å². The summed E-state index contributed by atoms with van der Waals surface area (Å²) in [5.74, 6) is 0.0244. The fourth-order valence-corrected chi connectivity index (χ4v) is 2.11. The first-order valence-electron chi connectivity index (χ1n) is 6.47. The lowest BCUT2D eigenvalue weighted by Crippen LogP contribution is -2.21. The van der Waals surface area contributed by atoms with Crippen LogP contribution in [0.3, 0.4) is 0 Å². The zero-order chi connectivity index (χ0) is 14.5. The van der Waals surface area contributed by atoms with E-state index in [2.05, 4.69) is 10.3 Å². The second-order valence-corrected chi connectivity index (χ2v) is 4.39. The van der Waals surface area contributed by atoms with E-state index in [0.717, 1.165) is 11.3 Å². The van der Waals surface area contributed by atoms with Crippen molar-refractivity contribution in [2.24, 2.45) is 0 Å². The maximum Gasteiger partial charge on any atom is 0.141 e. The van der Waals surface area contributed by atoms with E-state index in [9.17, 15) is 8.78 Å². The Kier molecular flexibility index (Phi) is 4.63.